The van der Waals surface area contributed by atoms with Gasteiger partial charge in [-0.15, -0.1) is 0 Å². The Morgan fingerprint density at radius 2 is 1.65 bits per heavy atom. The molecule has 0 unspecified atom stereocenters. The average molecular weight is 455 g/mol. The average Bonchev–Trinajstić information content (AvgIpc) is 3.15. The van der Waals surface area contributed by atoms with Crippen LogP contribution in [0.3, 0.4) is 0 Å². The predicted octanol–water partition coefficient (Wildman–Crippen LogP) is 3.19. The van der Waals surface area contributed by atoms with Crippen LogP contribution in [-0.2, 0) is 20.7 Å². The van der Waals surface area contributed by atoms with Gasteiger partial charge in [-0.3, -0.25) is 14.6 Å². The maximum absolute atomic E-state index is 12.1. The summed E-state index contributed by atoms with van der Waals surface area (Å²) in [5.74, 6) is 3.32. The number of carbonyl (C=O) groups excluding carboxylic acids is 2. The monoisotopic (exact) mass is 455 g/mol. The van der Waals surface area contributed by atoms with Crippen molar-refractivity contribution >= 4 is 23.7 Å². The number of hydrogen-bond donors (Lipinski definition) is 3. The van der Waals surface area contributed by atoms with Crippen molar-refractivity contribution in [2.24, 2.45) is 0 Å². The molecule has 2 amide bonds. The molecule has 3 N–H and O–H groups in total. The van der Waals surface area contributed by atoms with Crippen molar-refractivity contribution < 1.29 is 24.2 Å². The molecule has 1 aliphatic carbocycles. The Bertz CT molecular complexity index is 1250. The first-order chi connectivity index (χ1) is 16.5. The Morgan fingerprint density at radius 1 is 0.971 bits per heavy atom. The molecule has 0 atom stereocenters. The minimum absolute atomic E-state index is 0.0366. The number of hydrogen-bond acceptors (Lipinski definition) is 5. The van der Waals surface area contributed by atoms with Gasteiger partial charge in [0.2, 0.25) is 0 Å². The highest BCUT2D eigenvalue weighted by Gasteiger charge is 2.28. The summed E-state index contributed by atoms with van der Waals surface area (Å²) in [5, 5.41) is 13.8. The summed E-state index contributed by atoms with van der Waals surface area (Å²) in [6.07, 6.45) is 0.539. The zero-order valence-corrected chi connectivity index (χ0v) is 18.1. The van der Waals surface area contributed by atoms with Crippen LogP contribution in [0.5, 0.6) is 0 Å². The molecule has 3 aromatic rings. The zero-order chi connectivity index (χ0) is 23.9. The van der Waals surface area contributed by atoms with E-state index in [0.29, 0.717) is 11.4 Å². The van der Waals surface area contributed by atoms with Gasteiger partial charge in [0, 0.05) is 5.92 Å². The number of rotatable bonds is 6. The van der Waals surface area contributed by atoms with Crippen LogP contribution in [0.25, 0.3) is 11.1 Å². The number of carboxylic acid groups (broad SMARTS) is 1. The summed E-state index contributed by atoms with van der Waals surface area (Å²) in [6.45, 7) is 0.137. The van der Waals surface area contributed by atoms with E-state index in [2.05, 4.69) is 39.6 Å². The number of alkyl carbamates (subject to hydrolysis) is 1. The lowest BCUT2D eigenvalue weighted by molar-refractivity contribution is -0.136. The third-order valence-corrected chi connectivity index (χ3v) is 5.28. The third-order valence-electron chi connectivity index (χ3n) is 5.28. The van der Waals surface area contributed by atoms with Crippen molar-refractivity contribution in [3.8, 4) is 23.0 Å². The third kappa shape index (κ3) is 5.40. The molecule has 34 heavy (non-hydrogen) atoms. The summed E-state index contributed by atoms with van der Waals surface area (Å²) in [6, 6.07) is 19.2. The Hall–Kier alpha value is -4.64. The number of fused-ring (bicyclic) bond motifs is 3. The molecular weight excluding hydrogens is 434 g/mol. The van der Waals surface area contributed by atoms with E-state index in [0.717, 1.165) is 22.3 Å². The van der Waals surface area contributed by atoms with E-state index in [1.807, 2.05) is 36.4 Å². The first-order valence-corrected chi connectivity index (χ1v) is 10.6. The van der Waals surface area contributed by atoms with Crippen LogP contribution in [0.15, 0.2) is 66.9 Å². The summed E-state index contributed by atoms with van der Waals surface area (Å²) in [7, 11) is 0. The first kappa shape index (κ1) is 22.6. The molecule has 4 rings (SSSR count). The van der Waals surface area contributed by atoms with E-state index in [9.17, 15) is 14.4 Å². The molecule has 0 radical (unpaired) electrons. The van der Waals surface area contributed by atoms with Crippen molar-refractivity contribution in [1.82, 2.24) is 10.3 Å². The molecule has 170 valence electrons. The fourth-order valence-electron chi connectivity index (χ4n) is 3.81. The van der Waals surface area contributed by atoms with Crippen molar-refractivity contribution in [2.75, 3.05) is 18.5 Å². The van der Waals surface area contributed by atoms with Crippen LogP contribution in [0.2, 0.25) is 0 Å². The Morgan fingerprint density at radius 3 is 2.26 bits per heavy atom. The van der Waals surface area contributed by atoms with Gasteiger partial charge in [0.25, 0.3) is 5.91 Å². The lowest BCUT2D eigenvalue weighted by atomic mass is 9.98. The van der Waals surface area contributed by atoms with Gasteiger partial charge in [0.1, 0.15) is 6.61 Å². The van der Waals surface area contributed by atoms with E-state index in [1.165, 1.54) is 12.3 Å². The minimum atomic E-state index is -0.987. The first-order valence-electron chi connectivity index (χ1n) is 10.6. The lowest BCUT2D eigenvalue weighted by Crippen LogP contribution is -2.26. The maximum Gasteiger partial charge on any atom is 0.407 e. The molecular formula is C26H21N3O5. The number of nitrogens with zero attached hydrogens (tertiary/aromatic N) is 1. The molecule has 1 heterocycles. The minimum Gasteiger partial charge on any atom is -0.481 e. The molecule has 1 aromatic heterocycles. The predicted molar refractivity (Wildman–Crippen MR) is 125 cm³/mol. The van der Waals surface area contributed by atoms with Crippen LogP contribution < -0.4 is 10.6 Å². The topological polar surface area (TPSA) is 118 Å². The molecule has 0 bridgehead atoms. The van der Waals surface area contributed by atoms with Gasteiger partial charge >= 0.3 is 12.1 Å². The number of aliphatic carboxylic acids is 1. The van der Waals surface area contributed by atoms with Crippen LogP contribution in [0.4, 0.5) is 10.5 Å². The summed E-state index contributed by atoms with van der Waals surface area (Å²) >= 11 is 0. The smallest absolute Gasteiger partial charge is 0.407 e. The van der Waals surface area contributed by atoms with Gasteiger partial charge in [-0.05, 0) is 40.3 Å². The summed E-state index contributed by atoms with van der Waals surface area (Å²) in [4.78, 5) is 38.6. The van der Waals surface area contributed by atoms with Crippen LogP contribution in [0.1, 0.15) is 22.7 Å². The molecule has 2 aromatic carbocycles. The number of carboxylic acids is 1. The van der Waals surface area contributed by atoms with Crippen molar-refractivity contribution in [1.29, 1.82) is 0 Å². The number of carbonyl (C=O) groups is 3. The van der Waals surface area contributed by atoms with Crippen LogP contribution >= 0.6 is 0 Å². The van der Waals surface area contributed by atoms with Crippen molar-refractivity contribution in [3.63, 3.8) is 0 Å². The normalized spacial score (nSPS) is 11.4. The number of aromatic nitrogens is 1. The summed E-state index contributed by atoms with van der Waals surface area (Å²) < 4.78 is 5.41. The van der Waals surface area contributed by atoms with E-state index in [4.69, 9.17) is 9.84 Å². The number of benzene rings is 2. The van der Waals surface area contributed by atoms with Crippen molar-refractivity contribution in [2.45, 2.75) is 12.3 Å². The molecule has 0 saturated carbocycles. The Kier molecular flexibility index (Phi) is 6.84. The quantitative estimate of drug-likeness (QED) is 0.492. The second-order valence-electron chi connectivity index (χ2n) is 7.54. The number of pyridine rings is 1. The second-order valence-corrected chi connectivity index (χ2v) is 7.54. The molecule has 0 fully saturated rings. The fraction of sp³-hybridized carbons (Fsp3) is 0.154. The molecule has 1 aliphatic rings. The highest BCUT2D eigenvalue weighted by molar-refractivity contribution is 6.03. The van der Waals surface area contributed by atoms with E-state index >= 15 is 0 Å². The molecule has 8 heteroatoms. The van der Waals surface area contributed by atoms with Crippen LogP contribution in [-0.4, -0.2) is 41.2 Å². The Balaban J connectivity index is 1.24. The maximum atomic E-state index is 12.1. The van der Waals surface area contributed by atoms with Gasteiger partial charge in [-0.2, -0.15) is 0 Å². The largest absolute Gasteiger partial charge is 0.481 e. The molecule has 0 saturated heterocycles. The zero-order valence-electron chi connectivity index (χ0n) is 18.1. The molecule has 8 nitrogen and oxygen atoms in total. The van der Waals surface area contributed by atoms with Gasteiger partial charge in [0.15, 0.2) is 0 Å². The highest BCUT2D eigenvalue weighted by Crippen LogP contribution is 2.44. The SMILES string of the molecule is O=C(O)Cc1ccc(NC(=O)C#CCNC(=O)OCC2c3ccccc3-c3ccccc32)cn1. The number of ether oxygens (including phenoxy) is 1. The number of nitrogens with one attached hydrogen (secondary N) is 2. The van der Waals surface area contributed by atoms with Gasteiger partial charge in [0.05, 0.1) is 30.5 Å². The number of anilines is 1. The standard InChI is InChI=1S/C26H21N3O5/c30-24(29-18-12-11-17(28-15-18)14-25(31)32)10-5-13-27-26(33)34-16-23-21-8-3-1-6-19(21)20-7-2-4-9-22(20)23/h1-4,6-9,11-12,15,23H,13-14,16H2,(H,27,33)(H,29,30)(H,31,32). The summed E-state index contributed by atoms with van der Waals surface area (Å²) in [5.41, 5.74) is 5.31. The highest BCUT2D eigenvalue weighted by atomic mass is 16.5. The lowest BCUT2D eigenvalue weighted by Gasteiger charge is -2.14. The van der Waals surface area contributed by atoms with Gasteiger partial charge in [-0.25, -0.2) is 4.79 Å². The van der Waals surface area contributed by atoms with Gasteiger partial charge in [-0.1, -0.05) is 54.5 Å². The van der Waals surface area contributed by atoms with E-state index in [1.54, 1.807) is 6.07 Å². The second kappa shape index (κ2) is 10.3. The van der Waals surface area contributed by atoms with Crippen molar-refractivity contribution in [3.05, 3.63) is 83.7 Å². The van der Waals surface area contributed by atoms with E-state index in [-0.39, 0.29) is 25.5 Å². The van der Waals surface area contributed by atoms with Gasteiger partial charge < -0.3 is 20.5 Å². The number of amides is 2. The van der Waals surface area contributed by atoms with E-state index < -0.39 is 18.0 Å². The molecule has 0 spiro atoms. The van der Waals surface area contributed by atoms with Crippen LogP contribution in [0, 0.1) is 11.8 Å². The molecule has 0 aliphatic heterocycles. The Labute approximate surface area is 196 Å². The fourth-order valence-corrected chi connectivity index (χ4v) is 3.81.